The number of H-pyrrole nitrogens is 1. The van der Waals surface area contributed by atoms with Crippen LogP contribution in [0.25, 0.3) is 0 Å². The predicted molar refractivity (Wildman–Crippen MR) is 119 cm³/mol. The van der Waals surface area contributed by atoms with E-state index in [1.54, 1.807) is 18.1 Å². The van der Waals surface area contributed by atoms with E-state index < -0.39 is 0 Å². The maximum absolute atomic E-state index is 12.9. The van der Waals surface area contributed by atoms with Crippen LogP contribution >= 0.6 is 0 Å². The highest BCUT2D eigenvalue weighted by atomic mass is 16.5. The van der Waals surface area contributed by atoms with Crippen LogP contribution in [0, 0.1) is 19.8 Å². The van der Waals surface area contributed by atoms with Crippen LogP contribution in [0.2, 0.25) is 0 Å². The quantitative estimate of drug-likeness (QED) is 0.580. The van der Waals surface area contributed by atoms with Crippen LogP contribution in [0.15, 0.2) is 22.8 Å². The van der Waals surface area contributed by atoms with Crippen LogP contribution in [-0.2, 0) is 27.2 Å². The van der Waals surface area contributed by atoms with Crippen LogP contribution in [0.5, 0.6) is 0 Å². The first kappa shape index (κ1) is 23.6. The Morgan fingerprint density at radius 1 is 1.28 bits per heavy atom. The number of piperidine rings is 1. The molecule has 1 atom stereocenters. The standard InChI is InChI=1S/C24H33N3O5/c1-4-31-24(30)22-16(2)20(17(3)26-22)9-10-21(28)27-13-5-7-18(15-27)23(29)25-12-11-19-8-6-14-32-19/h6,8,14,18,26H,4-5,7,9-13,15H2,1-3H3,(H,25,29). The summed E-state index contributed by atoms with van der Waals surface area (Å²) in [5.74, 6) is 0.312. The number of nitrogens with one attached hydrogen (secondary N) is 2. The molecule has 2 aromatic heterocycles. The lowest BCUT2D eigenvalue weighted by atomic mass is 9.96. The van der Waals surface area contributed by atoms with Crippen molar-refractivity contribution in [2.45, 2.75) is 52.9 Å². The lowest BCUT2D eigenvalue weighted by Crippen LogP contribution is -2.45. The van der Waals surface area contributed by atoms with Crippen LogP contribution < -0.4 is 5.32 Å². The van der Waals surface area contributed by atoms with Gasteiger partial charge in [-0.3, -0.25) is 9.59 Å². The van der Waals surface area contributed by atoms with Gasteiger partial charge in [0.15, 0.2) is 0 Å². The number of carbonyl (C=O) groups excluding carboxylic acids is 3. The molecule has 0 radical (unpaired) electrons. The number of amides is 2. The van der Waals surface area contributed by atoms with Gasteiger partial charge in [-0.2, -0.15) is 0 Å². The fourth-order valence-electron chi connectivity index (χ4n) is 4.29. The molecule has 32 heavy (non-hydrogen) atoms. The molecule has 0 aliphatic carbocycles. The summed E-state index contributed by atoms with van der Waals surface area (Å²) in [5, 5.41) is 2.96. The largest absolute Gasteiger partial charge is 0.469 e. The van der Waals surface area contributed by atoms with Crippen molar-refractivity contribution in [3.63, 3.8) is 0 Å². The van der Waals surface area contributed by atoms with Gasteiger partial charge in [0.1, 0.15) is 11.5 Å². The third-order valence-electron chi connectivity index (χ3n) is 6.06. The normalized spacial score (nSPS) is 16.1. The molecule has 174 valence electrons. The molecule has 1 aliphatic rings. The Morgan fingerprint density at radius 2 is 2.09 bits per heavy atom. The molecule has 0 aromatic carbocycles. The van der Waals surface area contributed by atoms with Crippen molar-refractivity contribution in [3.8, 4) is 0 Å². The molecule has 2 aromatic rings. The Bertz CT molecular complexity index is 932. The van der Waals surface area contributed by atoms with Gasteiger partial charge in [0.05, 0.1) is 18.8 Å². The summed E-state index contributed by atoms with van der Waals surface area (Å²) in [5.41, 5.74) is 3.15. The zero-order valence-electron chi connectivity index (χ0n) is 19.2. The summed E-state index contributed by atoms with van der Waals surface area (Å²) in [6.07, 6.45) is 4.76. The van der Waals surface area contributed by atoms with Crippen molar-refractivity contribution >= 4 is 17.8 Å². The van der Waals surface area contributed by atoms with E-state index >= 15 is 0 Å². The SMILES string of the molecule is CCOC(=O)c1[nH]c(C)c(CCC(=O)N2CCCC(C(=O)NCCc3ccco3)C2)c1C. The Labute approximate surface area is 188 Å². The number of carbonyl (C=O) groups is 3. The van der Waals surface area contributed by atoms with Crippen LogP contribution in [0.4, 0.5) is 0 Å². The van der Waals surface area contributed by atoms with Gasteiger partial charge in [-0.1, -0.05) is 0 Å². The summed E-state index contributed by atoms with van der Waals surface area (Å²) < 4.78 is 10.4. The molecule has 0 saturated carbocycles. The molecule has 8 nitrogen and oxygen atoms in total. The van der Waals surface area contributed by atoms with Crippen LogP contribution in [0.1, 0.15) is 59.3 Å². The van der Waals surface area contributed by atoms with Gasteiger partial charge >= 0.3 is 5.97 Å². The molecule has 3 heterocycles. The van der Waals surface area contributed by atoms with E-state index in [0.717, 1.165) is 35.4 Å². The second-order valence-corrected chi connectivity index (χ2v) is 8.25. The van der Waals surface area contributed by atoms with Crippen molar-refractivity contribution < 1.29 is 23.5 Å². The second-order valence-electron chi connectivity index (χ2n) is 8.25. The Morgan fingerprint density at radius 3 is 2.81 bits per heavy atom. The highest BCUT2D eigenvalue weighted by Gasteiger charge is 2.28. The van der Waals surface area contributed by atoms with Crippen molar-refractivity contribution in [3.05, 3.63) is 46.7 Å². The Kier molecular flexibility index (Phi) is 8.14. The fourth-order valence-corrected chi connectivity index (χ4v) is 4.29. The number of hydrogen-bond acceptors (Lipinski definition) is 5. The summed E-state index contributed by atoms with van der Waals surface area (Å²) in [4.78, 5) is 42.4. The third kappa shape index (κ3) is 5.81. The summed E-state index contributed by atoms with van der Waals surface area (Å²) in [6, 6.07) is 3.71. The van der Waals surface area contributed by atoms with Crippen molar-refractivity contribution in [2.75, 3.05) is 26.2 Å². The number of furan rings is 1. The molecule has 8 heteroatoms. The number of aromatic nitrogens is 1. The molecule has 1 unspecified atom stereocenters. The fraction of sp³-hybridized carbons (Fsp3) is 0.542. The van der Waals surface area contributed by atoms with Crippen LogP contribution in [0.3, 0.4) is 0 Å². The van der Waals surface area contributed by atoms with Gasteiger partial charge in [0, 0.05) is 38.2 Å². The highest BCUT2D eigenvalue weighted by Crippen LogP contribution is 2.22. The number of likely N-dealkylation sites (tertiary alicyclic amines) is 1. The summed E-state index contributed by atoms with van der Waals surface area (Å²) in [7, 11) is 0. The number of esters is 1. The highest BCUT2D eigenvalue weighted by molar-refractivity contribution is 5.90. The van der Waals surface area contributed by atoms with E-state index in [1.165, 1.54) is 0 Å². The van der Waals surface area contributed by atoms with Gasteiger partial charge in [-0.25, -0.2) is 4.79 Å². The molecule has 1 aliphatic heterocycles. The molecule has 3 rings (SSSR count). The van der Waals surface area contributed by atoms with Crippen LogP contribution in [-0.4, -0.2) is 53.9 Å². The zero-order chi connectivity index (χ0) is 23.1. The van der Waals surface area contributed by atoms with Gasteiger partial charge in [0.25, 0.3) is 0 Å². The Balaban J connectivity index is 1.50. The lowest BCUT2D eigenvalue weighted by Gasteiger charge is -2.32. The minimum Gasteiger partial charge on any atom is -0.469 e. The number of nitrogens with zero attached hydrogens (tertiary/aromatic N) is 1. The molecule has 2 amide bonds. The molecular weight excluding hydrogens is 410 g/mol. The average Bonchev–Trinajstić information content (AvgIpc) is 3.40. The summed E-state index contributed by atoms with van der Waals surface area (Å²) in [6.45, 7) is 7.51. The number of ether oxygens (including phenoxy) is 1. The number of hydrogen-bond donors (Lipinski definition) is 2. The number of aromatic amines is 1. The van der Waals surface area contributed by atoms with E-state index in [0.29, 0.717) is 51.2 Å². The van der Waals surface area contributed by atoms with E-state index in [-0.39, 0.29) is 23.7 Å². The molecule has 0 spiro atoms. The van der Waals surface area contributed by atoms with Gasteiger partial charge in [0.2, 0.25) is 11.8 Å². The molecule has 0 bridgehead atoms. The topological polar surface area (TPSA) is 105 Å². The number of rotatable bonds is 9. The van der Waals surface area contributed by atoms with E-state index in [4.69, 9.17) is 9.15 Å². The smallest absolute Gasteiger partial charge is 0.355 e. The first-order chi connectivity index (χ1) is 15.4. The first-order valence-corrected chi connectivity index (χ1v) is 11.3. The van der Waals surface area contributed by atoms with Gasteiger partial charge < -0.3 is 24.4 Å². The lowest BCUT2D eigenvalue weighted by molar-refractivity contribution is -0.135. The predicted octanol–water partition coefficient (Wildman–Crippen LogP) is 2.93. The Hall–Kier alpha value is -3.03. The first-order valence-electron chi connectivity index (χ1n) is 11.3. The van der Waals surface area contributed by atoms with E-state index in [9.17, 15) is 14.4 Å². The minimum absolute atomic E-state index is 0.00884. The van der Waals surface area contributed by atoms with Gasteiger partial charge in [-0.15, -0.1) is 0 Å². The van der Waals surface area contributed by atoms with E-state index in [1.807, 2.05) is 26.0 Å². The monoisotopic (exact) mass is 443 g/mol. The van der Waals surface area contributed by atoms with Crippen molar-refractivity contribution in [1.29, 1.82) is 0 Å². The van der Waals surface area contributed by atoms with Crippen molar-refractivity contribution in [2.24, 2.45) is 5.92 Å². The third-order valence-corrected chi connectivity index (χ3v) is 6.06. The maximum Gasteiger partial charge on any atom is 0.355 e. The second kappa shape index (κ2) is 11.0. The molecule has 2 N–H and O–H groups in total. The number of aryl methyl sites for hydroxylation is 1. The minimum atomic E-state index is -0.373. The maximum atomic E-state index is 12.9. The van der Waals surface area contributed by atoms with Crippen molar-refractivity contribution in [1.82, 2.24) is 15.2 Å². The average molecular weight is 444 g/mol. The van der Waals surface area contributed by atoms with Gasteiger partial charge in [-0.05, 0) is 63.3 Å². The molecular formula is C24H33N3O5. The zero-order valence-corrected chi connectivity index (χ0v) is 19.2. The van der Waals surface area contributed by atoms with E-state index in [2.05, 4.69) is 10.3 Å². The molecule has 1 saturated heterocycles. The molecule has 1 fully saturated rings. The summed E-state index contributed by atoms with van der Waals surface area (Å²) >= 11 is 0.